The number of rotatable bonds is 0. The fourth-order valence-electron chi connectivity index (χ4n) is 2.83. The zero-order chi connectivity index (χ0) is 14.5. The number of nitrogens with one attached hydrogen (secondary N) is 2. The number of allylic oxidation sites excluding steroid dienone is 4. The summed E-state index contributed by atoms with van der Waals surface area (Å²) in [4.78, 5) is 16.1. The minimum absolute atomic E-state index is 0.920. The van der Waals surface area contributed by atoms with Crippen LogP contribution in [0.4, 0.5) is 0 Å². The highest BCUT2D eigenvalue weighted by Gasteiger charge is 2.11. The van der Waals surface area contributed by atoms with Crippen molar-refractivity contribution in [1.29, 1.82) is 0 Å². The first-order valence-corrected chi connectivity index (χ1v) is 7.19. The Morgan fingerprint density at radius 1 is 0.773 bits per heavy atom. The zero-order valence-electron chi connectivity index (χ0n) is 11.7. The topological polar surface area (TPSA) is 56.3 Å². The lowest BCUT2D eigenvalue weighted by atomic mass is 10.2. The number of H-pyrrole nitrogens is 2. The van der Waals surface area contributed by atoms with Crippen molar-refractivity contribution in [2.24, 2.45) is 9.98 Å². The quantitative estimate of drug-likeness (QED) is 0.737. The van der Waals surface area contributed by atoms with Gasteiger partial charge in [-0.15, -0.1) is 0 Å². The van der Waals surface area contributed by atoms with Gasteiger partial charge in [0.1, 0.15) is 0 Å². The van der Waals surface area contributed by atoms with Crippen molar-refractivity contribution in [3.8, 4) is 0 Å². The molecule has 3 aliphatic rings. The summed E-state index contributed by atoms with van der Waals surface area (Å²) in [5.41, 5.74) is 5.80. The van der Waals surface area contributed by atoms with Gasteiger partial charge in [0, 0.05) is 11.0 Å². The van der Waals surface area contributed by atoms with Crippen LogP contribution in [0.15, 0.2) is 70.3 Å². The molecular formula is C18H12N4. The van der Waals surface area contributed by atoms with E-state index in [1.165, 1.54) is 0 Å². The summed E-state index contributed by atoms with van der Waals surface area (Å²) in [7, 11) is 0. The van der Waals surface area contributed by atoms with Gasteiger partial charge in [-0.2, -0.15) is 0 Å². The van der Waals surface area contributed by atoms with E-state index in [2.05, 4.69) is 50.3 Å². The number of nitrogens with zero attached hydrogens (tertiary/aromatic N) is 2. The molecule has 0 aliphatic carbocycles. The molecule has 104 valence electrons. The van der Waals surface area contributed by atoms with E-state index in [-0.39, 0.29) is 0 Å². The first-order chi connectivity index (χ1) is 10.8. The summed E-state index contributed by atoms with van der Waals surface area (Å²) in [5, 5.41) is 2.07. The van der Waals surface area contributed by atoms with Gasteiger partial charge < -0.3 is 9.97 Å². The van der Waals surface area contributed by atoms with Crippen LogP contribution in [0.5, 0.6) is 0 Å². The van der Waals surface area contributed by atoms with Crippen LogP contribution < -0.4 is 10.7 Å². The van der Waals surface area contributed by atoms with Crippen LogP contribution in [0.3, 0.4) is 0 Å². The van der Waals surface area contributed by atoms with E-state index in [4.69, 9.17) is 0 Å². The summed E-state index contributed by atoms with van der Waals surface area (Å²) in [6.45, 7) is 0. The van der Waals surface area contributed by atoms with Crippen molar-refractivity contribution in [2.45, 2.75) is 0 Å². The SMILES string of the molecule is C1=CC2=NC1=CC1=NC(=c3ccc([nH]3)=Cc3ccc2[nH]3)C=C1. The van der Waals surface area contributed by atoms with Gasteiger partial charge in [0.2, 0.25) is 0 Å². The van der Waals surface area contributed by atoms with E-state index in [0.29, 0.717) is 0 Å². The molecule has 8 bridgehead atoms. The second-order valence-corrected chi connectivity index (χ2v) is 5.45. The maximum absolute atomic E-state index is 4.64. The molecule has 0 saturated carbocycles. The molecular weight excluding hydrogens is 272 g/mol. The maximum Gasteiger partial charge on any atom is 0.0872 e. The van der Waals surface area contributed by atoms with E-state index >= 15 is 0 Å². The fraction of sp³-hybridized carbons (Fsp3) is 0. The lowest BCUT2D eigenvalue weighted by Gasteiger charge is -1.94. The summed E-state index contributed by atoms with van der Waals surface area (Å²) in [6.07, 6.45) is 12.2. The molecule has 22 heavy (non-hydrogen) atoms. The van der Waals surface area contributed by atoms with Crippen LogP contribution in [0.2, 0.25) is 0 Å². The second kappa shape index (κ2) is 4.18. The third-order valence-electron chi connectivity index (χ3n) is 3.90. The van der Waals surface area contributed by atoms with Crippen molar-refractivity contribution in [2.75, 3.05) is 0 Å². The van der Waals surface area contributed by atoms with E-state index in [1.807, 2.05) is 30.4 Å². The Labute approximate surface area is 126 Å². The number of aliphatic imine (C=N–C) groups is 2. The Morgan fingerprint density at radius 2 is 1.77 bits per heavy atom. The molecule has 0 aromatic carbocycles. The minimum Gasteiger partial charge on any atom is -0.354 e. The summed E-state index contributed by atoms with van der Waals surface area (Å²) in [6, 6.07) is 8.23. The summed E-state index contributed by atoms with van der Waals surface area (Å²) in [5.74, 6) is 0. The molecule has 0 spiro atoms. The molecule has 0 fully saturated rings. The molecule has 5 rings (SSSR count). The molecule has 0 unspecified atom stereocenters. The van der Waals surface area contributed by atoms with Crippen LogP contribution in [-0.2, 0) is 0 Å². The number of hydrogen-bond acceptors (Lipinski definition) is 2. The Hall–Kier alpha value is -3.14. The molecule has 0 radical (unpaired) electrons. The highest BCUT2D eigenvalue weighted by atomic mass is 14.9. The third kappa shape index (κ3) is 1.78. The Bertz CT molecular complexity index is 1060. The fourth-order valence-corrected chi connectivity index (χ4v) is 2.83. The van der Waals surface area contributed by atoms with Crippen molar-refractivity contribution in [3.63, 3.8) is 0 Å². The van der Waals surface area contributed by atoms with Crippen LogP contribution >= 0.6 is 0 Å². The van der Waals surface area contributed by atoms with Gasteiger partial charge in [0.25, 0.3) is 0 Å². The highest BCUT2D eigenvalue weighted by Crippen LogP contribution is 2.17. The largest absolute Gasteiger partial charge is 0.354 e. The molecule has 3 aliphatic heterocycles. The van der Waals surface area contributed by atoms with Crippen LogP contribution in [0, 0.1) is 0 Å². The second-order valence-electron chi connectivity index (χ2n) is 5.45. The monoisotopic (exact) mass is 284 g/mol. The molecule has 0 atom stereocenters. The molecule has 2 aromatic rings. The van der Waals surface area contributed by atoms with E-state index < -0.39 is 0 Å². The lowest BCUT2D eigenvalue weighted by Crippen LogP contribution is -2.11. The molecule has 4 nitrogen and oxygen atoms in total. The van der Waals surface area contributed by atoms with Crippen LogP contribution in [0.1, 0.15) is 11.4 Å². The van der Waals surface area contributed by atoms with Gasteiger partial charge in [0.15, 0.2) is 0 Å². The van der Waals surface area contributed by atoms with E-state index in [9.17, 15) is 0 Å². The predicted octanol–water partition coefficient (Wildman–Crippen LogP) is 1.55. The van der Waals surface area contributed by atoms with Gasteiger partial charge in [-0.25, -0.2) is 9.98 Å². The summed E-state index contributed by atoms with van der Waals surface area (Å²) >= 11 is 0. The predicted molar refractivity (Wildman–Crippen MR) is 88.1 cm³/mol. The Balaban J connectivity index is 1.83. The number of fused-ring (bicyclic) bond motifs is 7. The molecule has 2 N–H and O–H groups in total. The Morgan fingerprint density at radius 3 is 2.77 bits per heavy atom. The van der Waals surface area contributed by atoms with E-state index in [1.54, 1.807) is 0 Å². The zero-order valence-corrected chi connectivity index (χ0v) is 11.7. The van der Waals surface area contributed by atoms with Crippen molar-refractivity contribution < 1.29 is 0 Å². The first-order valence-electron chi connectivity index (χ1n) is 7.19. The minimum atomic E-state index is 0.920. The molecule has 5 heterocycles. The number of hydrogen-bond donors (Lipinski definition) is 2. The lowest BCUT2D eigenvalue weighted by molar-refractivity contribution is 1.24. The number of aromatic amines is 2. The highest BCUT2D eigenvalue weighted by molar-refractivity contribution is 6.13. The van der Waals surface area contributed by atoms with Crippen molar-refractivity contribution >= 4 is 23.2 Å². The normalized spacial score (nSPS) is 17.8. The number of aromatic nitrogens is 2. The van der Waals surface area contributed by atoms with Crippen molar-refractivity contribution in [1.82, 2.24) is 9.97 Å². The molecule has 4 heteroatoms. The maximum atomic E-state index is 4.64. The standard InChI is InChI=1S/C18H12N4/c1-5-15-16-6-3-13(21-16)10-14-4-8-18(22-14)17-7-2-12(20-17)9-11(1)19-15/h1-10,19-20H. The molecule has 0 amide bonds. The first kappa shape index (κ1) is 11.5. The van der Waals surface area contributed by atoms with Crippen LogP contribution in [0.25, 0.3) is 11.8 Å². The Kier molecular flexibility index (Phi) is 2.19. The molecule has 2 aromatic heterocycles. The van der Waals surface area contributed by atoms with Gasteiger partial charge >= 0.3 is 0 Å². The smallest absolute Gasteiger partial charge is 0.0872 e. The van der Waals surface area contributed by atoms with Gasteiger partial charge in [-0.05, 0) is 60.7 Å². The molecule has 0 saturated heterocycles. The van der Waals surface area contributed by atoms with Gasteiger partial charge in [-0.3, -0.25) is 0 Å². The van der Waals surface area contributed by atoms with Gasteiger partial charge in [-0.1, -0.05) is 0 Å². The average Bonchev–Trinajstić information content (AvgIpc) is 3.24. The van der Waals surface area contributed by atoms with Crippen molar-refractivity contribution in [3.05, 3.63) is 82.4 Å². The van der Waals surface area contributed by atoms with Gasteiger partial charge in [0.05, 0.1) is 33.9 Å². The van der Waals surface area contributed by atoms with Crippen LogP contribution in [-0.4, -0.2) is 21.4 Å². The third-order valence-corrected chi connectivity index (χ3v) is 3.90. The summed E-state index contributed by atoms with van der Waals surface area (Å²) < 4.78 is 0. The average molecular weight is 284 g/mol. The van der Waals surface area contributed by atoms with E-state index in [0.717, 1.165) is 44.9 Å².